The number of hydrogen-bond acceptors (Lipinski definition) is 8. The van der Waals surface area contributed by atoms with Gasteiger partial charge in [0, 0.05) is 22.2 Å². The quantitative estimate of drug-likeness (QED) is 0.234. The van der Waals surface area contributed by atoms with E-state index < -0.39 is 5.97 Å². The number of thiazole rings is 1. The summed E-state index contributed by atoms with van der Waals surface area (Å²) >= 11 is 5.30. The topological polar surface area (TPSA) is 85.7 Å². The first-order chi connectivity index (χ1) is 15.6. The van der Waals surface area contributed by atoms with Crippen LogP contribution in [-0.4, -0.2) is 46.6 Å². The van der Waals surface area contributed by atoms with Crippen LogP contribution in [0.25, 0.3) is 0 Å². The van der Waals surface area contributed by atoms with Gasteiger partial charge in [-0.3, -0.25) is 4.79 Å². The molecule has 0 aliphatic heterocycles. The number of carbonyl (C=O) groups excluding carboxylic acids is 1. The van der Waals surface area contributed by atoms with Crippen molar-refractivity contribution in [2.45, 2.75) is 22.1 Å². The number of carboxylic acid groups (broad SMARTS) is 1. The fraction of sp³-hybridized carbons (Fsp3) is 0.261. The molecule has 0 amide bonds. The number of benzene rings is 2. The van der Waals surface area contributed by atoms with Gasteiger partial charge >= 0.3 is 5.97 Å². The summed E-state index contributed by atoms with van der Waals surface area (Å²) < 4.78 is 12.0. The van der Waals surface area contributed by atoms with Crippen molar-refractivity contribution in [2.75, 3.05) is 24.7 Å². The zero-order valence-electron chi connectivity index (χ0n) is 17.3. The van der Waals surface area contributed by atoms with Crippen LogP contribution in [-0.2, 0) is 4.79 Å². The minimum absolute atomic E-state index is 0.0868. The summed E-state index contributed by atoms with van der Waals surface area (Å²) in [7, 11) is 0. The molecule has 9 heteroatoms. The second kappa shape index (κ2) is 13.1. The normalized spacial score (nSPS) is 10.6. The van der Waals surface area contributed by atoms with Crippen molar-refractivity contribution >= 4 is 46.6 Å². The van der Waals surface area contributed by atoms with Crippen molar-refractivity contribution in [3.63, 3.8) is 0 Å². The van der Waals surface area contributed by atoms with Gasteiger partial charge < -0.3 is 14.6 Å². The molecule has 168 valence electrons. The summed E-state index contributed by atoms with van der Waals surface area (Å²) in [5, 5.41) is 10.9. The lowest BCUT2D eigenvalue weighted by atomic mass is 10.2. The van der Waals surface area contributed by atoms with Crippen molar-refractivity contribution in [2.24, 2.45) is 0 Å². The third-order valence-electron chi connectivity index (χ3n) is 4.17. The SMILES string of the molecule is O=C(COc1ccc(SCCCCSc2nccs2)cc1)COc1ccc(C(=O)O)cc1. The van der Waals surface area contributed by atoms with Crippen LogP contribution in [0.4, 0.5) is 0 Å². The number of aromatic carboxylic acids is 1. The summed E-state index contributed by atoms with van der Waals surface area (Å²) in [6.45, 7) is -0.225. The number of carboxylic acids is 1. The van der Waals surface area contributed by atoms with Crippen LogP contribution in [0.3, 0.4) is 0 Å². The molecule has 1 aromatic heterocycles. The Kier molecular flexibility index (Phi) is 9.93. The highest BCUT2D eigenvalue weighted by atomic mass is 32.2. The lowest BCUT2D eigenvalue weighted by Crippen LogP contribution is -2.19. The first kappa shape index (κ1) is 24.2. The van der Waals surface area contributed by atoms with E-state index in [-0.39, 0.29) is 24.6 Å². The fourth-order valence-corrected chi connectivity index (χ4v) is 5.15. The van der Waals surface area contributed by atoms with Gasteiger partial charge in [0.1, 0.15) is 29.1 Å². The molecule has 0 spiro atoms. The Labute approximate surface area is 199 Å². The molecule has 0 radical (unpaired) electrons. The molecular formula is C23H23NO5S3. The zero-order valence-corrected chi connectivity index (χ0v) is 19.7. The van der Waals surface area contributed by atoms with Crippen LogP contribution in [0.1, 0.15) is 23.2 Å². The molecule has 0 atom stereocenters. The maximum Gasteiger partial charge on any atom is 0.335 e. The highest BCUT2D eigenvalue weighted by Crippen LogP contribution is 2.24. The van der Waals surface area contributed by atoms with Gasteiger partial charge in [-0.2, -0.15) is 0 Å². The predicted molar refractivity (Wildman–Crippen MR) is 129 cm³/mol. The molecule has 0 bridgehead atoms. The maximum absolute atomic E-state index is 12.0. The molecule has 0 saturated carbocycles. The second-order valence-corrected chi connectivity index (χ2v) is 10.0. The number of aromatic nitrogens is 1. The van der Waals surface area contributed by atoms with Crippen molar-refractivity contribution < 1.29 is 24.2 Å². The zero-order chi connectivity index (χ0) is 22.6. The van der Waals surface area contributed by atoms with E-state index in [0.29, 0.717) is 11.5 Å². The number of thioether (sulfide) groups is 2. The number of unbranched alkanes of at least 4 members (excludes halogenated alkanes) is 1. The minimum Gasteiger partial charge on any atom is -0.486 e. The maximum atomic E-state index is 12.0. The fourth-order valence-electron chi connectivity index (χ4n) is 2.53. The lowest BCUT2D eigenvalue weighted by Gasteiger charge is -2.08. The van der Waals surface area contributed by atoms with E-state index in [2.05, 4.69) is 4.98 Å². The standard InChI is InChI=1S/C23H23NO5S3/c25-18(15-28-19-5-3-17(4-6-19)22(26)27)16-29-20-7-9-21(10-8-20)30-12-1-2-13-31-23-24-11-14-32-23/h3-11,14H,1-2,12-13,15-16H2,(H,26,27). The van der Waals surface area contributed by atoms with Crippen LogP contribution < -0.4 is 9.47 Å². The summed E-state index contributed by atoms with van der Waals surface area (Å²) in [5.41, 5.74) is 0.166. The average molecular weight is 490 g/mol. The number of Topliss-reactive ketones (excluding diaryl/α,β-unsaturated/α-hetero) is 1. The van der Waals surface area contributed by atoms with E-state index in [9.17, 15) is 9.59 Å². The van der Waals surface area contributed by atoms with Gasteiger partial charge in [-0.15, -0.1) is 23.1 Å². The van der Waals surface area contributed by atoms with Gasteiger partial charge in [0.15, 0.2) is 0 Å². The Morgan fingerprint density at radius 2 is 1.47 bits per heavy atom. The number of carbonyl (C=O) groups is 2. The smallest absolute Gasteiger partial charge is 0.335 e. The summed E-state index contributed by atoms with van der Waals surface area (Å²) in [5.74, 6) is 2.00. The molecule has 3 rings (SSSR count). The van der Waals surface area contributed by atoms with E-state index in [4.69, 9.17) is 14.6 Å². The summed E-state index contributed by atoms with van der Waals surface area (Å²) in [6, 6.07) is 13.6. The Balaban J connectivity index is 1.28. The van der Waals surface area contributed by atoms with Crippen LogP contribution in [0, 0.1) is 0 Å². The Hall–Kier alpha value is -2.49. The molecule has 2 aromatic carbocycles. The Morgan fingerprint density at radius 3 is 2.03 bits per heavy atom. The van der Waals surface area contributed by atoms with Crippen LogP contribution >= 0.6 is 34.9 Å². The minimum atomic E-state index is -1.01. The third-order valence-corrected chi connectivity index (χ3v) is 7.32. The van der Waals surface area contributed by atoms with Crippen LogP contribution in [0.2, 0.25) is 0 Å². The van der Waals surface area contributed by atoms with Crippen LogP contribution in [0.15, 0.2) is 69.3 Å². The van der Waals surface area contributed by atoms with Crippen molar-refractivity contribution in [1.82, 2.24) is 4.98 Å². The highest BCUT2D eigenvalue weighted by Gasteiger charge is 2.07. The molecule has 0 aliphatic rings. The van der Waals surface area contributed by atoms with Crippen molar-refractivity contribution in [1.29, 1.82) is 0 Å². The molecule has 1 N–H and O–H groups in total. The van der Waals surface area contributed by atoms with Gasteiger partial charge in [0.2, 0.25) is 5.78 Å². The first-order valence-corrected chi connectivity index (χ1v) is 12.8. The lowest BCUT2D eigenvalue weighted by molar-refractivity contribution is -0.123. The second-order valence-electron chi connectivity index (χ2n) is 6.62. The van der Waals surface area contributed by atoms with E-state index in [0.717, 1.165) is 28.7 Å². The molecule has 32 heavy (non-hydrogen) atoms. The van der Waals surface area contributed by atoms with Gasteiger partial charge in [0.25, 0.3) is 0 Å². The molecule has 3 aromatic rings. The van der Waals surface area contributed by atoms with Crippen molar-refractivity contribution in [3.05, 3.63) is 65.7 Å². The molecule has 1 heterocycles. The highest BCUT2D eigenvalue weighted by molar-refractivity contribution is 8.01. The van der Waals surface area contributed by atoms with E-state index in [1.54, 1.807) is 11.3 Å². The van der Waals surface area contributed by atoms with Gasteiger partial charge in [-0.1, -0.05) is 11.8 Å². The summed E-state index contributed by atoms with van der Waals surface area (Å²) in [6.07, 6.45) is 4.14. The van der Waals surface area contributed by atoms with E-state index in [1.807, 2.05) is 59.4 Å². The summed E-state index contributed by atoms with van der Waals surface area (Å²) in [4.78, 5) is 28.2. The number of nitrogens with zero attached hydrogens (tertiary/aromatic N) is 1. The Bertz CT molecular complexity index is 976. The molecule has 0 saturated heterocycles. The Morgan fingerprint density at radius 1 is 0.875 bits per heavy atom. The molecule has 0 unspecified atom stereocenters. The number of rotatable bonds is 14. The molecule has 0 aliphatic carbocycles. The monoisotopic (exact) mass is 489 g/mol. The van der Waals surface area contributed by atoms with E-state index >= 15 is 0 Å². The molecule has 6 nitrogen and oxygen atoms in total. The predicted octanol–water partition coefficient (Wildman–Crippen LogP) is 5.53. The first-order valence-electron chi connectivity index (χ1n) is 9.96. The molecule has 0 fully saturated rings. The third kappa shape index (κ3) is 8.57. The van der Waals surface area contributed by atoms with Crippen LogP contribution in [0.5, 0.6) is 11.5 Å². The number of ketones is 1. The van der Waals surface area contributed by atoms with Gasteiger partial charge in [0.05, 0.1) is 5.56 Å². The van der Waals surface area contributed by atoms with Gasteiger partial charge in [-0.05, 0) is 67.1 Å². The number of ether oxygens (including phenoxy) is 2. The van der Waals surface area contributed by atoms with E-state index in [1.165, 1.54) is 29.2 Å². The largest absolute Gasteiger partial charge is 0.486 e. The molecular weight excluding hydrogens is 466 g/mol. The number of hydrogen-bond donors (Lipinski definition) is 1. The van der Waals surface area contributed by atoms with Gasteiger partial charge in [-0.25, -0.2) is 9.78 Å². The van der Waals surface area contributed by atoms with Crippen molar-refractivity contribution in [3.8, 4) is 11.5 Å². The average Bonchev–Trinajstić information content (AvgIpc) is 3.33.